The fourth-order valence-corrected chi connectivity index (χ4v) is 3.70. The van der Waals surface area contributed by atoms with E-state index in [9.17, 15) is 25.5 Å². The molecular formula is C14H20O9. The number of epoxide rings is 1. The quantitative estimate of drug-likeness (QED) is 0.343. The van der Waals surface area contributed by atoms with Gasteiger partial charge in [-0.05, 0) is 6.08 Å². The van der Waals surface area contributed by atoms with Crippen LogP contribution in [-0.2, 0) is 18.9 Å². The summed E-state index contributed by atoms with van der Waals surface area (Å²) in [5.74, 6) is -0.435. The number of rotatable bonds is 3. The van der Waals surface area contributed by atoms with Crippen molar-refractivity contribution in [2.75, 3.05) is 6.61 Å². The molecule has 0 unspecified atom stereocenters. The van der Waals surface area contributed by atoms with Gasteiger partial charge in [0.2, 0.25) is 6.29 Å². The average Bonchev–Trinajstić information content (AvgIpc) is 3.29. The van der Waals surface area contributed by atoms with Crippen LogP contribution in [0.2, 0.25) is 0 Å². The lowest BCUT2D eigenvalue weighted by Gasteiger charge is -2.42. The highest BCUT2D eigenvalue weighted by atomic mass is 16.8. The van der Waals surface area contributed by atoms with Gasteiger partial charge in [0, 0.05) is 5.92 Å². The summed E-state index contributed by atoms with van der Waals surface area (Å²) >= 11 is 0. The molecule has 1 saturated carbocycles. The molecule has 4 aliphatic rings. The first kappa shape index (κ1) is 15.7. The Morgan fingerprint density at radius 1 is 0.870 bits per heavy atom. The molecule has 130 valence electrons. The Balaban J connectivity index is 1.48. The van der Waals surface area contributed by atoms with Gasteiger partial charge in [0.1, 0.15) is 30.5 Å². The second kappa shape index (κ2) is 5.64. The lowest BCUT2D eigenvalue weighted by Crippen LogP contribution is -2.60. The van der Waals surface area contributed by atoms with E-state index in [1.54, 1.807) is 6.08 Å². The summed E-state index contributed by atoms with van der Waals surface area (Å²) < 4.78 is 21.8. The molecule has 11 atom stereocenters. The van der Waals surface area contributed by atoms with Gasteiger partial charge in [-0.1, -0.05) is 0 Å². The number of hydrogen-bond donors (Lipinski definition) is 5. The molecule has 1 aliphatic carbocycles. The smallest absolute Gasteiger partial charge is 0.207 e. The Labute approximate surface area is 131 Å². The molecule has 23 heavy (non-hydrogen) atoms. The normalized spacial score (nSPS) is 57.5. The van der Waals surface area contributed by atoms with Crippen LogP contribution in [0.5, 0.6) is 0 Å². The minimum absolute atomic E-state index is 0.178. The minimum Gasteiger partial charge on any atom is -0.472 e. The van der Waals surface area contributed by atoms with Gasteiger partial charge in [-0.2, -0.15) is 0 Å². The molecule has 0 spiro atoms. The summed E-state index contributed by atoms with van der Waals surface area (Å²) in [7, 11) is 0. The van der Waals surface area contributed by atoms with Gasteiger partial charge in [-0.25, -0.2) is 0 Å². The van der Waals surface area contributed by atoms with E-state index in [2.05, 4.69) is 0 Å². The van der Waals surface area contributed by atoms with Gasteiger partial charge in [0.05, 0.1) is 31.0 Å². The maximum absolute atomic E-state index is 10.1. The van der Waals surface area contributed by atoms with Crippen molar-refractivity contribution in [3.05, 3.63) is 12.3 Å². The van der Waals surface area contributed by atoms with Gasteiger partial charge >= 0.3 is 0 Å². The van der Waals surface area contributed by atoms with Crippen molar-refractivity contribution in [3.63, 3.8) is 0 Å². The first-order chi connectivity index (χ1) is 11.0. The predicted molar refractivity (Wildman–Crippen MR) is 70.5 cm³/mol. The lowest BCUT2D eigenvalue weighted by molar-refractivity contribution is -0.342. The van der Waals surface area contributed by atoms with Crippen molar-refractivity contribution < 1.29 is 44.5 Å². The molecule has 9 nitrogen and oxygen atoms in total. The van der Waals surface area contributed by atoms with Crippen LogP contribution >= 0.6 is 0 Å². The van der Waals surface area contributed by atoms with Crippen LogP contribution in [0.1, 0.15) is 0 Å². The van der Waals surface area contributed by atoms with Crippen molar-refractivity contribution in [1.29, 1.82) is 0 Å². The first-order valence-corrected chi connectivity index (χ1v) is 7.64. The Kier molecular flexibility index (Phi) is 3.86. The van der Waals surface area contributed by atoms with E-state index in [1.165, 1.54) is 6.26 Å². The average molecular weight is 332 g/mol. The molecule has 0 aromatic rings. The third-order valence-corrected chi connectivity index (χ3v) is 5.06. The molecule has 3 heterocycles. The molecule has 0 aromatic carbocycles. The largest absolute Gasteiger partial charge is 0.472 e. The maximum Gasteiger partial charge on any atom is 0.207 e. The first-order valence-electron chi connectivity index (χ1n) is 7.64. The molecule has 2 saturated heterocycles. The van der Waals surface area contributed by atoms with Crippen LogP contribution < -0.4 is 0 Å². The Hall–Kier alpha value is -0.780. The van der Waals surface area contributed by atoms with Crippen LogP contribution in [0.4, 0.5) is 0 Å². The lowest BCUT2D eigenvalue weighted by atomic mass is 9.91. The van der Waals surface area contributed by atoms with Crippen molar-refractivity contribution in [2.45, 2.75) is 55.3 Å². The zero-order chi connectivity index (χ0) is 16.3. The number of fused-ring (bicyclic) bond motifs is 3. The molecule has 0 amide bonds. The summed E-state index contributed by atoms with van der Waals surface area (Å²) in [6, 6.07) is 0. The zero-order valence-corrected chi connectivity index (χ0v) is 12.1. The highest BCUT2D eigenvalue weighted by molar-refractivity contribution is 5.16. The van der Waals surface area contributed by atoms with E-state index in [-0.39, 0.29) is 24.0 Å². The van der Waals surface area contributed by atoms with E-state index < -0.39 is 49.7 Å². The molecule has 9 heteroatoms. The SMILES string of the molecule is OC[C@H]1O[C@H](O[C@@H]2OC=C[C@H]3[C@@H](O)[C@H]4O[C@H]4[C@@H]23)[C@H](O)[C@@H](O)[C@@H]1O. The molecule has 0 bridgehead atoms. The Morgan fingerprint density at radius 2 is 1.65 bits per heavy atom. The Bertz CT molecular complexity index is 483. The third kappa shape index (κ3) is 2.39. The van der Waals surface area contributed by atoms with Crippen molar-refractivity contribution >= 4 is 0 Å². The van der Waals surface area contributed by atoms with Crippen LogP contribution in [0.3, 0.4) is 0 Å². The standard InChI is InChI=1S/C14H20O9/c15-3-5-8(17)9(18)10(19)14(21-5)23-13-6-4(1-2-20-13)7(16)12-11(6)22-12/h1-2,4-19H,3H2/t4-,5-,6+,7-,8-,9+,10-,11+,12-,13+,14-/m1/s1. The number of ether oxygens (including phenoxy) is 4. The molecule has 3 fully saturated rings. The topological polar surface area (TPSA) is 141 Å². The van der Waals surface area contributed by atoms with Gasteiger partial charge < -0.3 is 44.5 Å². The minimum atomic E-state index is -1.51. The molecule has 5 N–H and O–H groups in total. The van der Waals surface area contributed by atoms with Gasteiger partial charge in [0.25, 0.3) is 0 Å². The predicted octanol–water partition coefficient (Wildman–Crippen LogP) is -2.95. The van der Waals surface area contributed by atoms with Crippen molar-refractivity contribution in [1.82, 2.24) is 0 Å². The zero-order valence-electron chi connectivity index (χ0n) is 12.1. The van der Waals surface area contributed by atoms with Crippen LogP contribution in [0.25, 0.3) is 0 Å². The molecule has 0 aromatic heterocycles. The maximum atomic E-state index is 10.1. The highest BCUT2D eigenvalue weighted by Crippen LogP contribution is 2.51. The third-order valence-electron chi connectivity index (χ3n) is 5.06. The second-order valence-corrected chi connectivity index (χ2v) is 6.38. The molecule has 3 aliphatic heterocycles. The Morgan fingerprint density at radius 3 is 2.39 bits per heavy atom. The van der Waals surface area contributed by atoms with Gasteiger partial charge in [-0.15, -0.1) is 0 Å². The van der Waals surface area contributed by atoms with E-state index in [1.807, 2.05) is 0 Å². The molecule has 4 rings (SSSR count). The van der Waals surface area contributed by atoms with Crippen molar-refractivity contribution in [2.24, 2.45) is 11.8 Å². The second-order valence-electron chi connectivity index (χ2n) is 6.38. The number of hydrogen-bond acceptors (Lipinski definition) is 9. The summed E-state index contributed by atoms with van der Waals surface area (Å²) in [5, 5.41) is 48.9. The monoisotopic (exact) mass is 332 g/mol. The number of aliphatic hydroxyl groups is 5. The van der Waals surface area contributed by atoms with Crippen LogP contribution in [0, 0.1) is 11.8 Å². The fraction of sp³-hybridized carbons (Fsp3) is 0.857. The van der Waals surface area contributed by atoms with Crippen LogP contribution in [-0.4, -0.2) is 87.4 Å². The molecular weight excluding hydrogens is 312 g/mol. The van der Waals surface area contributed by atoms with E-state index in [0.717, 1.165) is 0 Å². The van der Waals surface area contributed by atoms with E-state index in [4.69, 9.17) is 18.9 Å². The summed E-state index contributed by atoms with van der Waals surface area (Å²) in [6.07, 6.45) is -5.51. The number of aliphatic hydroxyl groups excluding tert-OH is 5. The van der Waals surface area contributed by atoms with E-state index in [0.29, 0.717) is 0 Å². The van der Waals surface area contributed by atoms with Crippen molar-refractivity contribution in [3.8, 4) is 0 Å². The van der Waals surface area contributed by atoms with Crippen LogP contribution in [0.15, 0.2) is 12.3 Å². The van der Waals surface area contributed by atoms with E-state index >= 15 is 0 Å². The summed E-state index contributed by atoms with van der Waals surface area (Å²) in [5.41, 5.74) is 0. The highest BCUT2D eigenvalue weighted by Gasteiger charge is 2.65. The summed E-state index contributed by atoms with van der Waals surface area (Å²) in [6.45, 7) is -0.533. The fourth-order valence-electron chi connectivity index (χ4n) is 3.70. The van der Waals surface area contributed by atoms with Gasteiger partial charge in [0.15, 0.2) is 6.29 Å². The van der Waals surface area contributed by atoms with Gasteiger partial charge in [-0.3, -0.25) is 0 Å². The molecule has 0 radical (unpaired) electrons. The summed E-state index contributed by atoms with van der Waals surface area (Å²) in [4.78, 5) is 0.